The molecular weight excluding hydrogens is 360 g/mol. The summed E-state index contributed by atoms with van der Waals surface area (Å²) in [6, 6.07) is 44.0. The van der Waals surface area contributed by atoms with Gasteiger partial charge in [-0.25, -0.2) is 0 Å². The molecule has 0 aromatic heterocycles. The van der Waals surface area contributed by atoms with Crippen LogP contribution in [0.25, 0.3) is 55.6 Å². The second-order valence-corrected chi connectivity index (χ2v) is 7.90. The van der Waals surface area contributed by atoms with Gasteiger partial charge in [0.25, 0.3) is 0 Å². The van der Waals surface area contributed by atoms with Crippen molar-refractivity contribution in [2.24, 2.45) is 0 Å². The van der Waals surface area contributed by atoms with Gasteiger partial charge in [0.05, 0.1) is 0 Å². The maximum atomic E-state index is 2.30. The van der Waals surface area contributed by atoms with Crippen LogP contribution in [0.2, 0.25) is 0 Å². The van der Waals surface area contributed by atoms with Crippen LogP contribution in [0.1, 0.15) is 0 Å². The molecule has 30 heavy (non-hydrogen) atoms. The molecule has 0 aliphatic heterocycles. The average Bonchev–Trinajstić information content (AvgIpc) is 3.36. The highest BCUT2D eigenvalue weighted by atomic mass is 14.2. The van der Waals surface area contributed by atoms with Gasteiger partial charge in [-0.1, -0.05) is 97.1 Å². The van der Waals surface area contributed by atoms with Gasteiger partial charge in [-0.3, -0.25) is 0 Å². The van der Waals surface area contributed by atoms with E-state index in [-0.39, 0.29) is 0 Å². The topological polar surface area (TPSA) is 0 Å². The van der Waals surface area contributed by atoms with Crippen molar-refractivity contribution in [2.75, 3.05) is 0 Å². The van der Waals surface area contributed by atoms with Gasteiger partial charge in [-0.15, -0.1) is 0 Å². The normalized spacial score (nSPS) is 11.3. The Bertz CT molecular complexity index is 1300. The summed E-state index contributed by atoms with van der Waals surface area (Å²) in [4.78, 5) is 0. The molecule has 0 saturated carbocycles. The standard InChI is InChI=1S/C30H20/c1-2-5-25-17-29(18-26(25)6-3-1)30-19-27-15-13-24(14-16-28(27)20-30)23-11-9-21-7-4-8-22(21)10-12-23/h1-20H. The molecule has 0 aromatic carbocycles. The minimum Gasteiger partial charge on any atom is -0.0622 e. The fourth-order valence-corrected chi connectivity index (χ4v) is 4.35. The molecule has 0 atom stereocenters. The van der Waals surface area contributed by atoms with Crippen molar-refractivity contribution in [1.82, 2.24) is 0 Å². The Kier molecular flexibility index (Phi) is 3.89. The molecular formula is C30H20. The molecule has 0 fully saturated rings. The van der Waals surface area contributed by atoms with Gasteiger partial charge in [-0.05, 0) is 79.9 Å². The number of hydrogen-bond acceptors (Lipinski definition) is 0. The van der Waals surface area contributed by atoms with E-state index in [1.165, 1.54) is 55.6 Å². The Morgan fingerprint density at radius 1 is 0.200 bits per heavy atom. The minimum absolute atomic E-state index is 1.23. The van der Waals surface area contributed by atoms with Gasteiger partial charge in [0.2, 0.25) is 0 Å². The lowest BCUT2D eigenvalue weighted by Gasteiger charge is -1.94. The van der Waals surface area contributed by atoms with Crippen molar-refractivity contribution in [1.29, 1.82) is 0 Å². The largest absolute Gasteiger partial charge is 0.0622 e. The monoisotopic (exact) mass is 380 g/mol. The van der Waals surface area contributed by atoms with Crippen molar-refractivity contribution in [3.05, 3.63) is 121 Å². The van der Waals surface area contributed by atoms with Crippen molar-refractivity contribution < 1.29 is 0 Å². The Balaban J connectivity index is 1.41. The first kappa shape index (κ1) is 17.0. The average molecular weight is 380 g/mol. The van der Waals surface area contributed by atoms with Crippen LogP contribution in [0.5, 0.6) is 0 Å². The van der Waals surface area contributed by atoms with E-state index in [9.17, 15) is 0 Å². The van der Waals surface area contributed by atoms with Crippen LogP contribution in [0.4, 0.5) is 0 Å². The number of hydrogen-bond donors (Lipinski definition) is 0. The van der Waals surface area contributed by atoms with E-state index in [1.807, 2.05) is 0 Å². The summed E-state index contributed by atoms with van der Waals surface area (Å²) in [7, 11) is 0. The second-order valence-electron chi connectivity index (χ2n) is 7.90. The number of fused-ring (bicyclic) bond motifs is 3. The molecule has 0 aromatic rings. The predicted molar refractivity (Wildman–Crippen MR) is 127 cm³/mol. The fraction of sp³-hybridized carbons (Fsp3) is 0. The second kappa shape index (κ2) is 6.86. The van der Waals surface area contributed by atoms with Crippen LogP contribution in [0, 0.1) is 0 Å². The quantitative estimate of drug-likeness (QED) is 0.283. The summed E-state index contributed by atoms with van der Waals surface area (Å²) >= 11 is 0. The van der Waals surface area contributed by atoms with Crippen LogP contribution < -0.4 is 0 Å². The minimum atomic E-state index is 1.23. The highest BCUT2D eigenvalue weighted by Crippen LogP contribution is 2.37. The third kappa shape index (κ3) is 2.94. The van der Waals surface area contributed by atoms with Crippen molar-refractivity contribution >= 4 is 0 Å². The van der Waals surface area contributed by atoms with E-state index < -0.39 is 0 Å². The van der Waals surface area contributed by atoms with Crippen LogP contribution >= 0.6 is 0 Å². The Hall–Kier alpha value is -3.90. The van der Waals surface area contributed by atoms with Crippen LogP contribution in [-0.2, 0) is 0 Å². The summed E-state index contributed by atoms with van der Waals surface area (Å²) in [6.07, 6.45) is 0. The van der Waals surface area contributed by atoms with Gasteiger partial charge < -0.3 is 0 Å². The zero-order chi connectivity index (χ0) is 19.9. The predicted octanol–water partition coefficient (Wildman–Crippen LogP) is 8.34. The van der Waals surface area contributed by atoms with Crippen LogP contribution in [-0.4, -0.2) is 0 Å². The third-order valence-corrected chi connectivity index (χ3v) is 6.01. The van der Waals surface area contributed by atoms with E-state index >= 15 is 0 Å². The molecule has 0 nitrogen and oxygen atoms in total. The zero-order valence-corrected chi connectivity index (χ0v) is 16.5. The SMILES string of the molecule is c1ccc2cc(-c3cc4ccc(-c5ccc6cccc-6cc5)ccc-4c3)cc-2cc1. The van der Waals surface area contributed by atoms with Gasteiger partial charge in [0.1, 0.15) is 0 Å². The summed E-state index contributed by atoms with van der Waals surface area (Å²) in [5, 5.41) is 0. The number of rotatable bonds is 2. The van der Waals surface area contributed by atoms with Gasteiger partial charge in [-0.2, -0.15) is 0 Å². The molecule has 0 heterocycles. The van der Waals surface area contributed by atoms with Crippen molar-refractivity contribution in [3.63, 3.8) is 0 Å². The zero-order valence-electron chi connectivity index (χ0n) is 16.5. The molecule has 0 saturated heterocycles. The van der Waals surface area contributed by atoms with Crippen LogP contribution in [0.3, 0.4) is 0 Å². The van der Waals surface area contributed by atoms with Gasteiger partial charge >= 0.3 is 0 Å². The third-order valence-electron chi connectivity index (χ3n) is 6.01. The van der Waals surface area contributed by atoms with Crippen molar-refractivity contribution in [2.45, 2.75) is 0 Å². The molecule has 0 amide bonds. The lowest BCUT2D eigenvalue weighted by Crippen LogP contribution is -1.68. The molecule has 0 bridgehead atoms. The molecule has 0 heteroatoms. The molecule has 0 N–H and O–H groups in total. The lowest BCUT2D eigenvalue weighted by atomic mass is 10.1. The Morgan fingerprint density at radius 2 is 0.500 bits per heavy atom. The first-order valence-corrected chi connectivity index (χ1v) is 10.4. The van der Waals surface area contributed by atoms with E-state index in [4.69, 9.17) is 0 Å². The van der Waals surface area contributed by atoms with Gasteiger partial charge in [0.15, 0.2) is 0 Å². The molecule has 140 valence electrons. The summed E-state index contributed by atoms with van der Waals surface area (Å²) in [5.41, 5.74) is 12.7. The maximum absolute atomic E-state index is 2.30. The van der Waals surface area contributed by atoms with Crippen molar-refractivity contribution in [3.8, 4) is 55.6 Å². The first-order chi connectivity index (χ1) is 14.8. The summed E-state index contributed by atoms with van der Waals surface area (Å²) in [6.45, 7) is 0. The molecule has 6 aliphatic rings. The first-order valence-electron chi connectivity index (χ1n) is 10.4. The summed E-state index contributed by atoms with van der Waals surface area (Å²) < 4.78 is 0. The van der Waals surface area contributed by atoms with Crippen LogP contribution in [0.15, 0.2) is 121 Å². The molecule has 0 spiro atoms. The highest BCUT2D eigenvalue weighted by Gasteiger charge is 2.11. The molecule has 0 unspecified atom stereocenters. The lowest BCUT2D eigenvalue weighted by molar-refractivity contribution is 1.72. The molecule has 6 aliphatic carbocycles. The fourth-order valence-electron chi connectivity index (χ4n) is 4.35. The van der Waals surface area contributed by atoms with E-state index in [1.54, 1.807) is 0 Å². The van der Waals surface area contributed by atoms with E-state index in [0.29, 0.717) is 0 Å². The Labute approximate surface area is 177 Å². The Morgan fingerprint density at radius 3 is 0.933 bits per heavy atom. The van der Waals surface area contributed by atoms with E-state index in [0.717, 1.165) is 0 Å². The van der Waals surface area contributed by atoms with Gasteiger partial charge in [0, 0.05) is 0 Å². The molecule has 6 rings (SSSR count). The molecule has 0 radical (unpaired) electrons. The highest BCUT2D eigenvalue weighted by molar-refractivity contribution is 5.86. The maximum Gasteiger partial charge on any atom is -0.0171 e. The summed E-state index contributed by atoms with van der Waals surface area (Å²) in [5.74, 6) is 0. The smallest absolute Gasteiger partial charge is 0.0171 e. The van der Waals surface area contributed by atoms with E-state index in [2.05, 4.69) is 121 Å².